The number of esters is 1. The first-order chi connectivity index (χ1) is 9.72. The SMILES string of the molecule is COC(=O)C(=Cc1ccccc1)C(=O)c1ccccc1. The fraction of sp³-hybridized carbons (Fsp3) is 0.0588. The second-order valence-electron chi connectivity index (χ2n) is 4.16. The van der Waals surface area contributed by atoms with Gasteiger partial charge in [0.25, 0.3) is 0 Å². The van der Waals surface area contributed by atoms with Crippen LogP contribution in [-0.2, 0) is 9.53 Å². The summed E-state index contributed by atoms with van der Waals surface area (Å²) in [7, 11) is 1.26. The lowest BCUT2D eigenvalue weighted by molar-refractivity contribution is -0.135. The summed E-state index contributed by atoms with van der Waals surface area (Å²) in [6.45, 7) is 0. The minimum atomic E-state index is -0.636. The Kier molecular flexibility index (Phi) is 4.45. The maximum atomic E-state index is 12.4. The quantitative estimate of drug-likeness (QED) is 0.281. The molecule has 0 N–H and O–H groups in total. The number of methoxy groups -OCH3 is 1. The molecule has 3 heteroatoms. The zero-order valence-corrected chi connectivity index (χ0v) is 11.1. The van der Waals surface area contributed by atoms with E-state index < -0.39 is 5.97 Å². The molecule has 3 nitrogen and oxygen atoms in total. The predicted octanol–water partition coefficient (Wildman–Crippen LogP) is 3.13. The molecule has 0 aliphatic carbocycles. The molecular weight excluding hydrogens is 252 g/mol. The van der Waals surface area contributed by atoms with Crippen LogP contribution in [-0.4, -0.2) is 18.9 Å². The van der Waals surface area contributed by atoms with E-state index in [1.807, 2.05) is 36.4 Å². The Hall–Kier alpha value is -2.68. The molecule has 0 saturated carbocycles. The van der Waals surface area contributed by atoms with Gasteiger partial charge in [-0.15, -0.1) is 0 Å². The van der Waals surface area contributed by atoms with Crippen LogP contribution in [0.1, 0.15) is 15.9 Å². The normalized spacial score (nSPS) is 10.9. The lowest BCUT2D eigenvalue weighted by Crippen LogP contribution is -2.14. The first-order valence-electron chi connectivity index (χ1n) is 6.17. The van der Waals surface area contributed by atoms with Crippen LogP contribution in [0, 0.1) is 0 Å². The number of ether oxygens (including phenoxy) is 1. The second-order valence-corrected chi connectivity index (χ2v) is 4.16. The molecule has 0 bridgehead atoms. The molecule has 20 heavy (non-hydrogen) atoms. The molecule has 2 aromatic rings. The Morgan fingerprint density at radius 2 is 1.45 bits per heavy atom. The van der Waals surface area contributed by atoms with Crippen molar-refractivity contribution in [2.45, 2.75) is 0 Å². The van der Waals surface area contributed by atoms with Gasteiger partial charge in [-0.05, 0) is 11.6 Å². The molecule has 0 fully saturated rings. The van der Waals surface area contributed by atoms with Crippen LogP contribution in [0.2, 0.25) is 0 Å². The van der Waals surface area contributed by atoms with Gasteiger partial charge in [0, 0.05) is 5.56 Å². The molecule has 2 aromatic carbocycles. The molecule has 0 saturated heterocycles. The number of rotatable bonds is 4. The fourth-order valence-corrected chi connectivity index (χ4v) is 1.79. The van der Waals surface area contributed by atoms with Crippen molar-refractivity contribution < 1.29 is 14.3 Å². The summed E-state index contributed by atoms with van der Waals surface area (Å²) >= 11 is 0. The maximum Gasteiger partial charge on any atom is 0.341 e. The van der Waals surface area contributed by atoms with Crippen LogP contribution in [0.5, 0.6) is 0 Å². The van der Waals surface area contributed by atoms with E-state index in [1.165, 1.54) is 7.11 Å². The fourth-order valence-electron chi connectivity index (χ4n) is 1.79. The Bertz CT molecular complexity index is 628. The number of benzene rings is 2. The zero-order chi connectivity index (χ0) is 14.4. The highest BCUT2D eigenvalue weighted by molar-refractivity contribution is 6.26. The molecule has 0 aromatic heterocycles. The first-order valence-corrected chi connectivity index (χ1v) is 6.17. The summed E-state index contributed by atoms with van der Waals surface area (Å²) in [4.78, 5) is 24.2. The first kappa shape index (κ1) is 13.7. The Morgan fingerprint density at radius 1 is 0.900 bits per heavy atom. The van der Waals surface area contributed by atoms with Crippen molar-refractivity contribution in [2.24, 2.45) is 0 Å². The van der Waals surface area contributed by atoms with E-state index >= 15 is 0 Å². The van der Waals surface area contributed by atoms with E-state index in [9.17, 15) is 9.59 Å². The summed E-state index contributed by atoms with van der Waals surface area (Å²) in [5, 5.41) is 0. The Morgan fingerprint density at radius 3 is 2.00 bits per heavy atom. The van der Waals surface area contributed by atoms with Crippen molar-refractivity contribution in [2.75, 3.05) is 7.11 Å². The van der Waals surface area contributed by atoms with Crippen molar-refractivity contribution in [3.63, 3.8) is 0 Å². The van der Waals surface area contributed by atoms with Gasteiger partial charge in [0.15, 0.2) is 5.78 Å². The standard InChI is InChI=1S/C17H14O3/c1-20-17(19)15(12-13-8-4-2-5-9-13)16(18)14-10-6-3-7-11-14/h2-12H,1H3. The molecule has 0 radical (unpaired) electrons. The highest BCUT2D eigenvalue weighted by Gasteiger charge is 2.20. The number of hydrogen-bond acceptors (Lipinski definition) is 3. The third kappa shape index (κ3) is 3.20. The van der Waals surface area contributed by atoms with Crippen LogP contribution < -0.4 is 0 Å². The molecule has 0 amide bonds. The van der Waals surface area contributed by atoms with Gasteiger partial charge in [-0.25, -0.2) is 4.79 Å². The second kappa shape index (κ2) is 6.48. The van der Waals surface area contributed by atoms with Crippen LogP contribution in [0.25, 0.3) is 6.08 Å². The number of carbonyl (C=O) groups excluding carboxylic acids is 2. The number of carbonyl (C=O) groups is 2. The van der Waals surface area contributed by atoms with Gasteiger partial charge in [0.05, 0.1) is 7.11 Å². The molecule has 0 aliphatic rings. The van der Waals surface area contributed by atoms with Crippen LogP contribution in [0.4, 0.5) is 0 Å². The number of Topliss-reactive ketones (excluding diaryl/α,β-unsaturated/α-hetero) is 1. The van der Waals surface area contributed by atoms with Crippen molar-refractivity contribution in [3.8, 4) is 0 Å². The Balaban J connectivity index is 2.41. The largest absolute Gasteiger partial charge is 0.465 e. The van der Waals surface area contributed by atoms with E-state index in [2.05, 4.69) is 0 Å². The molecule has 0 unspecified atom stereocenters. The lowest BCUT2D eigenvalue weighted by atomic mass is 10.0. The van der Waals surface area contributed by atoms with E-state index in [-0.39, 0.29) is 11.4 Å². The molecular formula is C17H14O3. The minimum Gasteiger partial charge on any atom is -0.465 e. The number of hydrogen-bond donors (Lipinski definition) is 0. The minimum absolute atomic E-state index is 0.0184. The van der Waals surface area contributed by atoms with Gasteiger partial charge >= 0.3 is 5.97 Å². The Labute approximate surface area is 117 Å². The summed E-state index contributed by atoms with van der Waals surface area (Å²) in [5.74, 6) is -0.982. The third-order valence-electron chi connectivity index (χ3n) is 2.80. The zero-order valence-electron chi connectivity index (χ0n) is 11.1. The highest BCUT2D eigenvalue weighted by Crippen LogP contribution is 2.14. The third-order valence-corrected chi connectivity index (χ3v) is 2.80. The predicted molar refractivity (Wildman–Crippen MR) is 77.2 cm³/mol. The van der Waals surface area contributed by atoms with Crippen molar-refractivity contribution in [3.05, 3.63) is 77.4 Å². The van der Waals surface area contributed by atoms with E-state index in [1.54, 1.807) is 30.3 Å². The van der Waals surface area contributed by atoms with Crippen LogP contribution >= 0.6 is 0 Å². The van der Waals surface area contributed by atoms with Crippen LogP contribution in [0.3, 0.4) is 0 Å². The summed E-state index contributed by atoms with van der Waals surface area (Å²) in [5.41, 5.74) is 1.25. The van der Waals surface area contributed by atoms with Gasteiger partial charge in [-0.3, -0.25) is 4.79 Å². The van der Waals surface area contributed by atoms with Gasteiger partial charge in [0.2, 0.25) is 0 Å². The topological polar surface area (TPSA) is 43.4 Å². The summed E-state index contributed by atoms with van der Waals surface area (Å²) in [6, 6.07) is 17.9. The lowest BCUT2D eigenvalue weighted by Gasteiger charge is -2.05. The summed E-state index contributed by atoms with van der Waals surface area (Å²) in [6.07, 6.45) is 1.54. The molecule has 2 rings (SSSR count). The van der Waals surface area contributed by atoms with Gasteiger partial charge in [-0.2, -0.15) is 0 Å². The monoisotopic (exact) mass is 266 g/mol. The molecule has 0 aliphatic heterocycles. The van der Waals surface area contributed by atoms with E-state index in [4.69, 9.17) is 4.74 Å². The van der Waals surface area contributed by atoms with Crippen molar-refractivity contribution >= 4 is 17.8 Å². The van der Waals surface area contributed by atoms with Crippen molar-refractivity contribution in [1.82, 2.24) is 0 Å². The van der Waals surface area contributed by atoms with Gasteiger partial charge < -0.3 is 4.74 Å². The smallest absolute Gasteiger partial charge is 0.341 e. The average molecular weight is 266 g/mol. The van der Waals surface area contributed by atoms with Crippen LogP contribution in [0.15, 0.2) is 66.2 Å². The summed E-state index contributed by atoms with van der Waals surface area (Å²) < 4.78 is 4.70. The average Bonchev–Trinajstić information content (AvgIpc) is 2.53. The molecule has 100 valence electrons. The number of ketones is 1. The van der Waals surface area contributed by atoms with Gasteiger partial charge in [-0.1, -0.05) is 60.7 Å². The van der Waals surface area contributed by atoms with Crippen molar-refractivity contribution in [1.29, 1.82) is 0 Å². The molecule has 0 spiro atoms. The molecule has 0 heterocycles. The molecule has 0 atom stereocenters. The van der Waals surface area contributed by atoms with Gasteiger partial charge in [0.1, 0.15) is 5.57 Å². The highest BCUT2D eigenvalue weighted by atomic mass is 16.5. The maximum absolute atomic E-state index is 12.4. The van der Waals surface area contributed by atoms with E-state index in [0.29, 0.717) is 5.56 Å². The van der Waals surface area contributed by atoms with E-state index in [0.717, 1.165) is 5.56 Å².